The van der Waals surface area contributed by atoms with E-state index in [9.17, 15) is 14.4 Å². The summed E-state index contributed by atoms with van der Waals surface area (Å²) >= 11 is 0. The first-order valence-electron chi connectivity index (χ1n) is 28.4. The lowest BCUT2D eigenvalue weighted by molar-refractivity contribution is -0.146. The molecule has 2 fully saturated rings. The Balaban J connectivity index is 1.24. The van der Waals surface area contributed by atoms with Gasteiger partial charge in [0.15, 0.2) is 11.5 Å². The van der Waals surface area contributed by atoms with Crippen LogP contribution < -0.4 is 14.2 Å². The molecular weight excluding hydrogens is 981 g/mol. The highest BCUT2D eigenvalue weighted by Crippen LogP contribution is 2.40. The van der Waals surface area contributed by atoms with Gasteiger partial charge in [-0.15, -0.1) is 0 Å². The van der Waals surface area contributed by atoms with Gasteiger partial charge in [-0.25, -0.2) is 4.79 Å². The maximum absolute atomic E-state index is 13.7. The second-order valence-corrected chi connectivity index (χ2v) is 19.1. The van der Waals surface area contributed by atoms with Crippen molar-refractivity contribution >= 4 is 17.9 Å². The molecule has 2 aromatic carbocycles. The van der Waals surface area contributed by atoms with E-state index >= 15 is 0 Å². The van der Waals surface area contributed by atoms with Crippen molar-refractivity contribution < 1.29 is 76.0 Å². The molecule has 2 saturated heterocycles. The summed E-state index contributed by atoms with van der Waals surface area (Å²) in [4.78, 5) is 42.9. The largest absolute Gasteiger partial charge is 0.487 e. The van der Waals surface area contributed by atoms with Crippen LogP contribution in [0.15, 0.2) is 42.5 Å². The second kappa shape index (κ2) is 41.9. The van der Waals surface area contributed by atoms with Gasteiger partial charge in [-0.3, -0.25) is 9.59 Å². The van der Waals surface area contributed by atoms with Gasteiger partial charge in [0, 0.05) is 18.3 Å². The average molecular weight is 1080 g/mol. The predicted octanol–water partition coefficient (Wildman–Crippen LogP) is 8.13. The molecule has 0 aliphatic carbocycles. The van der Waals surface area contributed by atoms with Crippen molar-refractivity contribution in [1.29, 1.82) is 0 Å². The van der Waals surface area contributed by atoms with Crippen LogP contribution >= 0.6 is 0 Å². The Morgan fingerprint density at radius 3 is 1.29 bits per heavy atom. The number of benzene rings is 2. The summed E-state index contributed by atoms with van der Waals surface area (Å²) in [7, 11) is 0. The Kier molecular flexibility index (Phi) is 35.5. The smallest absolute Gasteiger partial charge is 0.338 e. The van der Waals surface area contributed by atoms with Gasteiger partial charge in [-0.05, 0) is 115 Å². The maximum atomic E-state index is 13.7. The molecule has 2 heterocycles. The topological polar surface area (TPSA) is 178 Å². The van der Waals surface area contributed by atoms with Crippen LogP contribution in [0.5, 0.6) is 17.2 Å². The molecular formula is C58H94N2O16. The van der Waals surface area contributed by atoms with Crippen molar-refractivity contribution in [3.05, 3.63) is 53.6 Å². The van der Waals surface area contributed by atoms with Crippen LogP contribution in [0.25, 0.3) is 0 Å². The van der Waals surface area contributed by atoms with E-state index in [-0.39, 0.29) is 113 Å². The summed E-state index contributed by atoms with van der Waals surface area (Å²) < 4.78 is 75.5. The van der Waals surface area contributed by atoms with Crippen LogP contribution in [0.2, 0.25) is 0 Å². The Morgan fingerprint density at radius 2 is 0.855 bits per heavy atom. The monoisotopic (exact) mass is 1070 g/mol. The molecule has 432 valence electrons. The molecule has 0 unspecified atom stereocenters. The van der Waals surface area contributed by atoms with Crippen LogP contribution in [-0.2, 0) is 63.6 Å². The minimum Gasteiger partial charge on any atom is -0.487 e. The SMILES string of the molecule is CCC(CC)(CC)COC(=O)c1cc(OCCOCCOCCOC(=O)CCCN2CCCCC2)c(OCCOCCOCCOCc2ccccc2)c(OCCOCCOCCOC(=O)CCCN2CCCCC2)c1. The number of carbonyl (C=O) groups is 3. The summed E-state index contributed by atoms with van der Waals surface area (Å²) in [5, 5.41) is 0. The van der Waals surface area contributed by atoms with Gasteiger partial charge in [-0.1, -0.05) is 63.9 Å². The van der Waals surface area contributed by atoms with E-state index in [1.54, 1.807) is 12.1 Å². The van der Waals surface area contributed by atoms with Gasteiger partial charge < -0.3 is 71.4 Å². The molecule has 0 bridgehead atoms. The lowest BCUT2D eigenvalue weighted by atomic mass is 9.81. The lowest BCUT2D eigenvalue weighted by Crippen LogP contribution is -2.30. The fourth-order valence-electron chi connectivity index (χ4n) is 8.71. The molecule has 0 aromatic heterocycles. The van der Waals surface area contributed by atoms with Gasteiger partial charge in [0.05, 0.1) is 105 Å². The number of carbonyl (C=O) groups excluding carboxylic acids is 3. The molecule has 2 aliphatic heterocycles. The minimum absolute atomic E-state index is 0.123. The number of nitrogens with zero attached hydrogens (tertiary/aromatic N) is 2. The Labute approximate surface area is 454 Å². The second-order valence-electron chi connectivity index (χ2n) is 19.1. The molecule has 18 heteroatoms. The molecule has 4 rings (SSSR count). The Morgan fingerprint density at radius 1 is 0.461 bits per heavy atom. The third-order valence-corrected chi connectivity index (χ3v) is 13.6. The number of rotatable bonds is 46. The van der Waals surface area contributed by atoms with E-state index in [1.165, 1.54) is 38.5 Å². The van der Waals surface area contributed by atoms with E-state index in [0.717, 1.165) is 76.9 Å². The van der Waals surface area contributed by atoms with E-state index < -0.39 is 5.97 Å². The van der Waals surface area contributed by atoms with Crippen LogP contribution in [0.3, 0.4) is 0 Å². The van der Waals surface area contributed by atoms with Gasteiger partial charge in [0.2, 0.25) is 5.75 Å². The first kappa shape index (κ1) is 64.4. The van der Waals surface area contributed by atoms with E-state index in [0.29, 0.717) is 72.3 Å². The van der Waals surface area contributed by atoms with E-state index in [1.807, 2.05) is 30.3 Å². The molecule has 0 spiro atoms. The molecule has 0 N–H and O–H groups in total. The van der Waals surface area contributed by atoms with Crippen LogP contribution in [-0.4, -0.2) is 193 Å². The van der Waals surface area contributed by atoms with Gasteiger partial charge >= 0.3 is 17.9 Å². The molecule has 2 aromatic rings. The zero-order valence-corrected chi connectivity index (χ0v) is 46.5. The number of piperidine rings is 2. The number of hydrogen-bond donors (Lipinski definition) is 0. The van der Waals surface area contributed by atoms with Crippen LogP contribution in [0, 0.1) is 5.41 Å². The van der Waals surface area contributed by atoms with Gasteiger partial charge in [-0.2, -0.15) is 0 Å². The molecule has 0 atom stereocenters. The minimum atomic E-state index is -0.511. The fourth-order valence-corrected chi connectivity index (χ4v) is 8.71. The van der Waals surface area contributed by atoms with Crippen LogP contribution in [0.4, 0.5) is 0 Å². The Hall–Kier alpha value is -4.11. The standard InChI is InChI=1S/C58H94N2O16/c1-4-58(5-2,6-3)49-76-57(63)51-46-52(71-41-36-65-30-32-67-38-43-73-54(61)20-16-26-59-22-12-8-13-23-59)56(75-45-40-69-29-28-64-34-35-70-48-50-18-10-7-11-19-50)53(47-51)72-42-37-66-31-33-68-39-44-74-55(62)21-17-27-60-24-14-9-15-25-60/h7,10-11,18-19,46-47H,4-6,8-9,12-17,20-45,48-49H2,1-3H3. The molecule has 18 nitrogen and oxygen atoms in total. The first-order valence-corrected chi connectivity index (χ1v) is 28.4. The summed E-state index contributed by atoms with van der Waals surface area (Å²) in [6.07, 6.45) is 12.5. The van der Waals surface area contributed by atoms with Crippen molar-refractivity contribution in [3.63, 3.8) is 0 Å². The van der Waals surface area contributed by atoms with E-state index in [2.05, 4.69) is 30.6 Å². The van der Waals surface area contributed by atoms with Crippen LogP contribution in [0.1, 0.15) is 120 Å². The van der Waals surface area contributed by atoms with Crippen molar-refractivity contribution in [3.8, 4) is 17.2 Å². The highest BCUT2D eigenvalue weighted by molar-refractivity contribution is 5.91. The summed E-state index contributed by atoms with van der Waals surface area (Å²) in [6, 6.07) is 13.2. The highest BCUT2D eigenvalue weighted by Gasteiger charge is 2.27. The number of likely N-dealkylation sites (tertiary alicyclic amines) is 2. The summed E-state index contributed by atoms with van der Waals surface area (Å²) in [5.41, 5.74) is 1.22. The third-order valence-electron chi connectivity index (χ3n) is 13.6. The van der Waals surface area contributed by atoms with Crippen molar-refractivity contribution in [1.82, 2.24) is 9.80 Å². The molecule has 0 radical (unpaired) electrons. The van der Waals surface area contributed by atoms with Gasteiger partial charge in [0.1, 0.15) is 33.0 Å². The highest BCUT2D eigenvalue weighted by atomic mass is 16.6. The molecule has 76 heavy (non-hydrogen) atoms. The van der Waals surface area contributed by atoms with Crippen molar-refractivity contribution in [2.75, 3.05) is 165 Å². The first-order chi connectivity index (χ1) is 37.3. The summed E-state index contributed by atoms with van der Waals surface area (Å²) in [6.45, 7) is 18.3. The lowest BCUT2D eigenvalue weighted by Gasteiger charge is -2.29. The van der Waals surface area contributed by atoms with Crippen molar-refractivity contribution in [2.24, 2.45) is 5.41 Å². The number of ether oxygens (including phenoxy) is 13. The Bertz CT molecular complexity index is 1710. The zero-order chi connectivity index (χ0) is 54.0. The number of hydrogen-bond acceptors (Lipinski definition) is 18. The maximum Gasteiger partial charge on any atom is 0.338 e. The molecule has 0 amide bonds. The predicted molar refractivity (Wildman–Crippen MR) is 288 cm³/mol. The quantitative estimate of drug-likeness (QED) is 0.0352. The third kappa shape index (κ3) is 29.0. The summed E-state index contributed by atoms with van der Waals surface area (Å²) in [5.74, 6) is -0.0980. The average Bonchev–Trinajstić information content (AvgIpc) is 3.45. The zero-order valence-electron chi connectivity index (χ0n) is 46.5. The number of esters is 3. The van der Waals surface area contributed by atoms with Gasteiger partial charge in [0.25, 0.3) is 0 Å². The fraction of sp³-hybridized carbons (Fsp3) is 0.741. The van der Waals surface area contributed by atoms with Crippen molar-refractivity contribution in [2.45, 2.75) is 111 Å². The van der Waals surface area contributed by atoms with E-state index in [4.69, 9.17) is 61.6 Å². The normalized spacial score (nSPS) is 14.4. The molecule has 0 saturated carbocycles. The molecule has 2 aliphatic rings.